The molecule has 0 spiro atoms. The summed E-state index contributed by atoms with van der Waals surface area (Å²) in [5, 5.41) is 3.60. The van der Waals surface area contributed by atoms with E-state index in [-0.39, 0.29) is 35.5 Å². The predicted octanol–water partition coefficient (Wildman–Crippen LogP) is 4.90. The normalized spacial score (nSPS) is 29.8. The van der Waals surface area contributed by atoms with Gasteiger partial charge in [0.15, 0.2) is 0 Å². The summed E-state index contributed by atoms with van der Waals surface area (Å²) in [4.78, 5) is 28.3. The molecule has 1 aliphatic heterocycles. The van der Waals surface area contributed by atoms with Crippen LogP contribution in [0.1, 0.15) is 70.3 Å². The summed E-state index contributed by atoms with van der Waals surface area (Å²) in [5.41, 5.74) is 0.559. The number of amides is 2. The fourth-order valence-electron chi connectivity index (χ4n) is 5.36. The lowest BCUT2D eigenvalue weighted by Gasteiger charge is -2.43. The van der Waals surface area contributed by atoms with Crippen LogP contribution in [-0.4, -0.2) is 35.3 Å². The Morgan fingerprint density at radius 3 is 2.67 bits per heavy atom. The van der Waals surface area contributed by atoms with E-state index in [0.717, 1.165) is 12.8 Å². The highest BCUT2D eigenvalue weighted by atomic mass is 35.5. The topological polar surface area (TPSA) is 49.4 Å². The Hall–Kier alpha value is -1.62. The number of hydrogen-bond donors (Lipinski definition) is 1. The summed E-state index contributed by atoms with van der Waals surface area (Å²) in [5.74, 6) is 0.0379. The lowest BCUT2D eigenvalue weighted by Crippen LogP contribution is -2.64. The molecule has 4 rings (SSSR count). The van der Waals surface area contributed by atoms with Crippen molar-refractivity contribution >= 4 is 23.4 Å². The number of halogens is 2. The van der Waals surface area contributed by atoms with Crippen LogP contribution >= 0.6 is 11.6 Å². The van der Waals surface area contributed by atoms with Gasteiger partial charge in [-0.25, -0.2) is 4.39 Å². The standard InChI is InChI=1S/C24H32ClFN2O2/c1-14(2)10-22-23(29)27-21(15-6-4-3-5-7-15)13-28(22)24(30)19-12-18(19)17-9-8-16(25)11-20(17)26/h8-9,11,14-15,18-19,21-22H,3-7,10,12-13H2,1-2H3,(H,27,29)/t18-,19+,21+,22-/m0/s1. The average molecular weight is 435 g/mol. The molecule has 0 aromatic heterocycles. The summed E-state index contributed by atoms with van der Waals surface area (Å²) in [6.07, 6.45) is 7.17. The van der Waals surface area contributed by atoms with Crippen LogP contribution in [0.25, 0.3) is 0 Å². The van der Waals surface area contributed by atoms with Gasteiger partial charge in [-0.15, -0.1) is 0 Å². The lowest BCUT2D eigenvalue weighted by atomic mass is 9.82. The molecule has 1 N–H and O–H groups in total. The molecule has 1 aromatic carbocycles. The molecule has 3 fully saturated rings. The van der Waals surface area contributed by atoms with Crippen molar-refractivity contribution in [1.29, 1.82) is 0 Å². The molecule has 1 saturated heterocycles. The summed E-state index contributed by atoms with van der Waals surface area (Å²) in [6.45, 7) is 4.73. The second-order valence-corrected chi connectivity index (χ2v) is 10.2. The summed E-state index contributed by atoms with van der Waals surface area (Å²) in [7, 11) is 0. The summed E-state index contributed by atoms with van der Waals surface area (Å²) < 4.78 is 14.4. The number of hydrogen-bond acceptors (Lipinski definition) is 2. The quantitative estimate of drug-likeness (QED) is 0.716. The van der Waals surface area contributed by atoms with Crippen molar-refractivity contribution < 1.29 is 14.0 Å². The highest BCUT2D eigenvalue weighted by Gasteiger charge is 2.50. The van der Waals surface area contributed by atoms with Crippen LogP contribution in [0, 0.1) is 23.6 Å². The van der Waals surface area contributed by atoms with Crippen LogP contribution in [-0.2, 0) is 9.59 Å². The van der Waals surface area contributed by atoms with Gasteiger partial charge < -0.3 is 10.2 Å². The number of benzene rings is 1. The zero-order valence-electron chi connectivity index (χ0n) is 17.9. The molecule has 3 aliphatic rings. The molecule has 4 atom stereocenters. The second-order valence-electron chi connectivity index (χ2n) is 9.76. The fraction of sp³-hybridized carbons (Fsp3) is 0.667. The van der Waals surface area contributed by atoms with Gasteiger partial charge in [-0.05, 0) is 61.1 Å². The van der Waals surface area contributed by atoms with E-state index in [1.807, 2.05) is 4.90 Å². The molecule has 6 heteroatoms. The van der Waals surface area contributed by atoms with E-state index in [1.54, 1.807) is 12.1 Å². The molecule has 0 unspecified atom stereocenters. The maximum Gasteiger partial charge on any atom is 0.243 e. The second kappa shape index (κ2) is 8.86. The summed E-state index contributed by atoms with van der Waals surface area (Å²) >= 11 is 5.88. The first-order valence-corrected chi connectivity index (χ1v) is 11.8. The highest BCUT2D eigenvalue weighted by Crippen LogP contribution is 2.50. The molecule has 2 amide bonds. The SMILES string of the molecule is CC(C)C[C@H]1C(=O)N[C@@H](C2CCCCC2)CN1C(=O)[C@@H]1C[C@H]1c1ccc(Cl)cc1F. The van der Waals surface area contributed by atoms with Gasteiger partial charge in [0, 0.05) is 23.5 Å². The first kappa shape index (κ1) is 21.6. The van der Waals surface area contributed by atoms with Crippen molar-refractivity contribution in [3.05, 3.63) is 34.6 Å². The van der Waals surface area contributed by atoms with Gasteiger partial charge in [0.25, 0.3) is 0 Å². The van der Waals surface area contributed by atoms with Crippen LogP contribution in [0.3, 0.4) is 0 Å². The van der Waals surface area contributed by atoms with Crippen molar-refractivity contribution in [3.8, 4) is 0 Å². The molecule has 2 saturated carbocycles. The third kappa shape index (κ3) is 4.51. The molecular weight excluding hydrogens is 403 g/mol. The smallest absolute Gasteiger partial charge is 0.243 e. The maximum atomic E-state index is 14.4. The fourth-order valence-corrected chi connectivity index (χ4v) is 5.52. The minimum atomic E-state index is -0.423. The minimum Gasteiger partial charge on any atom is -0.350 e. The van der Waals surface area contributed by atoms with Crippen LogP contribution in [0.4, 0.5) is 4.39 Å². The van der Waals surface area contributed by atoms with Crippen LogP contribution < -0.4 is 5.32 Å². The minimum absolute atomic E-state index is 0.00987. The van der Waals surface area contributed by atoms with E-state index in [0.29, 0.717) is 41.8 Å². The van der Waals surface area contributed by atoms with Gasteiger partial charge >= 0.3 is 0 Å². The van der Waals surface area contributed by atoms with Gasteiger partial charge in [0.05, 0.1) is 0 Å². The van der Waals surface area contributed by atoms with E-state index < -0.39 is 6.04 Å². The lowest BCUT2D eigenvalue weighted by molar-refractivity contribution is -0.147. The van der Waals surface area contributed by atoms with Gasteiger partial charge in [-0.1, -0.05) is 50.8 Å². The number of nitrogens with one attached hydrogen (secondary N) is 1. The third-order valence-corrected chi connectivity index (χ3v) is 7.30. The molecular formula is C24H32ClFN2O2. The van der Waals surface area contributed by atoms with Gasteiger partial charge in [0.2, 0.25) is 11.8 Å². The van der Waals surface area contributed by atoms with Gasteiger partial charge in [-0.2, -0.15) is 0 Å². The van der Waals surface area contributed by atoms with Crippen LogP contribution in [0.5, 0.6) is 0 Å². The molecule has 30 heavy (non-hydrogen) atoms. The largest absolute Gasteiger partial charge is 0.350 e. The van der Waals surface area contributed by atoms with E-state index in [9.17, 15) is 14.0 Å². The Kier molecular flexibility index (Phi) is 6.38. The molecule has 164 valence electrons. The van der Waals surface area contributed by atoms with Crippen molar-refractivity contribution in [3.63, 3.8) is 0 Å². The molecule has 0 radical (unpaired) electrons. The zero-order valence-corrected chi connectivity index (χ0v) is 18.6. The Bertz CT molecular complexity index is 808. The summed E-state index contributed by atoms with van der Waals surface area (Å²) in [6, 6.07) is 4.29. The first-order chi connectivity index (χ1) is 14.3. The van der Waals surface area contributed by atoms with E-state index >= 15 is 0 Å². The number of piperazine rings is 1. The number of carbonyl (C=O) groups is 2. The number of rotatable bonds is 5. The average Bonchev–Trinajstić information content (AvgIpc) is 3.49. The number of nitrogens with zero attached hydrogens (tertiary/aromatic N) is 1. The third-order valence-electron chi connectivity index (χ3n) is 7.07. The molecule has 0 bridgehead atoms. The van der Waals surface area contributed by atoms with Gasteiger partial charge in [0.1, 0.15) is 11.9 Å². The Balaban J connectivity index is 1.51. The van der Waals surface area contributed by atoms with E-state index in [4.69, 9.17) is 11.6 Å². The van der Waals surface area contributed by atoms with E-state index in [2.05, 4.69) is 19.2 Å². The molecule has 1 aromatic rings. The van der Waals surface area contributed by atoms with Crippen molar-refractivity contribution in [2.45, 2.75) is 76.8 Å². The number of carbonyl (C=O) groups excluding carboxylic acids is 2. The Labute approximate surface area is 183 Å². The van der Waals surface area contributed by atoms with Crippen molar-refractivity contribution in [1.82, 2.24) is 10.2 Å². The van der Waals surface area contributed by atoms with Crippen molar-refractivity contribution in [2.24, 2.45) is 17.8 Å². The van der Waals surface area contributed by atoms with E-state index in [1.165, 1.54) is 25.3 Å². The molecule has 4 nitrogen and oxygen atoms in total. The van der Waals surface area contributed by atoms with Crippen LogP contribution in [0.15, 0.2) is 18.2 Å². The van der Waals surface area contributed by atoms with Crippen molar-refractivity contribution in [2.75, 3.05) is 6.54 Å². The Morgan fingerprint density at radius 2 is 2.00 bits per heavy atom. The monoisotopic (exact) mass is 434 g/mol. The first-order valence-electron chi connectivity index (χ1n) is 11.4. The zero-order chi connectivity index (χ0) is 21.4. The van der Waals surface area contributed by atoms with Crippen LogP contribution in [0.2, 0.25) is 5.02 Å². The molecule has 2 aliphatic carbocycles. The Morgan fingerprint density at radius 1 is 1.27 bits per heavy atom. The maximum absolute atomic E-state index is 14.4. The predicted molar refractivity (Wildman–Crippen MR) is 116 cm³/mol. The highest BCUT2D eigenvalue weighted by molar-refractivity contribution is 6.30. The molecule has 1 heterocycles. The van der Waals surface area contributed by atoms with Gasteiger partial charge in [-0.3, -0.25) is 9.59 Å².